The van der Waals surface area contributed by atoms with E-state index in [1.165, 1.54) is 0 Å². The standard InChI is InChI=1S/C30H18N2O2S/c33-32(34)26-18-17-21-20-11-5-7-16-27(20)35-30(21)29(26)23-13-8-15-25-28(23)22-12-4-6-14-24(22)31(25)19-9-2-1-3-10-19/h1-18H. The van der Waals surface area contributed by atoms with Crippen LogP contribution < -0.4 is 0 Å². The Balaban J connectivity index is 1.68. The minimum Gasteiger partial charge on any atom is -0.309 e. The van der Waals surface area contributed by atoms with E-state index >= 15 is 0 Å². The quantitative estimate of drug-likeness (QED) is 0.191. The number of benzene rings is 5. The van der Waals surface area contributed by atoms with Crippen molar-refractivity contribution in [2.24, 2.45) is 0 Å². The molecule has 0 aliphatic heterocycles. The summed E-state index contributed by atoms with van der Waals surface area (Å²) in [6, 6.07) is 36.4. The first-order valence-corrected chi connectivity index (χ1v) is 12.2. The van der Waals surface area contributed by atoms with Crippen molar-refractivity contribution in [1.82, 2.24) is 4.57 Å². The summed E-state index contributed by atoms with van der Waals surface area (Å²) in [7, 11) is 0. The summed E-state index contributed by atoms with van der Waals surface area (Å²) in [6.45, 7) is 0. The van der Waals surface area contributed by atoms with Crippen molar-refractivity contribution in [2.75, 3.05) is 0 Å². The van der Waals surface area contributed by atoms with Crippen LogP contribution in [0.3, 0.4) is 0 Å². The average Bonchev–Trinajstić information content (AvgIpc) is 3.44. The summed E-state index contributed by atoms with van der Waals surface area (Å²) in [6.07, 6.45) is 0. The van der Waals surface area contributed by atoms with Gasteiger partial charge in [-0.1, -0.05) is 66.7 Å². The Labute approximate surface area is 204 Å². The first kappa shape index (κ1) is 19.9. The smallest absolute Gasteiger partial charge is 0.278 e. The van der Waals surface area contributed by atoms with Gasteiger partial charge in [0.05, 0.1) is 26.2 Å². The molecule has 0 atom stereocenters. The van der Waals surface area contributed by atoms with Crippen molar-refractivity contribution >= 4 is 59.0 Å². The zero-order valence-corrected chi connectivity index (χ0v) is 19.3. The molecule has 0 radical (unpaired) electrons. The molecule has 0 saturated heterocycles. The van der Waals surface area contributed by atoms with Crippen molar-refractivity contribution in [3.63, 3.8) is 0 Å². The molecule has 0 N–H and O–H groups in total. The van der Waals surface area contributed by atoms with E-state index in [-0.39, 0.29) is 10.6 Å². The number of nitrogens with zero attached hydrogens (tertiary/aromatic N) is 2. The van der Waals surface area contributed by atoms with Gasteiger partial charge < -0.3 is 4.57 Å². The zero-order chi connectivity index (χ0) is 23.5. The molecule has 0 spiro atoms. The molecule has 0 unspecified atom stereocenters. The van der Waals surface area contributed by atoms with E-state index in [1.54, 1.807) is 17.4 Å². The molecular formula is C30H18N2O2S. The molecule has 7 rings (SSSR count). The summed E-state index contributed by atoms with van der Waals surface area (Å²) in [5.74, 6) is 0. The number of nitro groups is 1. The van der Waals surface area contributed by atoms with Gasteiger partial charge in [-0.3, -0.25) is 10.1 Å². The van der Waals surface area contributed by atoms with Crippen molar-refractivity contribution in [3.05, 3.63) is 119 Å². The summed E-state index contributed by atoms with van der Waals surface area (Å²) < 4.78 is 4.32. The summed E-state index contributed by atoms with van der Waals surface area (Å²) in [5, 5.41) is 16.6. The Morgan fingerprint density at radius 2 is 1.37 bits per heavy atom. The monoisotopic (exact) mass is 470 g/mol. The van der Waals surface area contributed by atoms with Crippen LogP contribution in [0.15, 0.2) is 109 Å². The lowest BCUT2D eigenvalue weighted by molar-refractivity contribution is -0.384. The van der Waals surface area contributed by atoms with Crippen LogP contribution in [0, 0.1) is 10.1 Å². The molecule has 166 valence electrons. The van der Waals surface area contributed by atoms with Gasteiger partial charge in [0.25, 0.3) is 5.69 Å². The lowest BCUT2D eigenvalue weighted by atomic mass is 9.96. The van der Waals surface area contributed by atoms with Crippen molar-refractivity contribution in [1.29, 1.82) is 0 Å². The van der Waals surface area contributed by atoms with Gasteiger partial charge in [-0.15, -0.1) is 11.3 Å². The fraction of sp³-hybridized carbons (Fsp3) is 0. The normalized spacial score (nSPS) is 11.7. The molecule has 0 amide bonds. The minimum atomic E-state index is -0.256. The first-order chi connectivity index (χ1) is 17.2. The molecule has 5 aromatic carbocycles. The highest BCUT2D eigenvalue weighted by molar-refractivity contribution is 7.26. The molecule has 5 heteroatoms. The second-order valence-electron chi connectivity index (χ2n) is 8.58. The molecule has 0 aliphatic rings. The highest BCUT2D eigenvalue weighted by atomic mass is 32.1. The van der Waals surface area contributed by atoms with Gasteiger partial charge in [0.2, 0.25) is 0 Å². The molecule has 2 heterocycles. The third kappa shape index (κ3) is 2.85. The van der Waals surface area contributed by atoms with Gasteiger partial charge in [0.1, 0.15) is 0 Å². The minimum absolute atomic E-state index is 0.132. The van der Waals surface area contributed by atoms with E-state index in [4.69, 9.17) is 0 Å². The number of nitro benzene ring substituents is 1. The molecule has 4 nitrogen and oxygen atoms in total. The van der Waals surface area contributed by atoms with Crippen LogP contribution in [0.2, 0.25) is 0 Å². The molecule has 0 bridgehead atoms. The van der Waals surface area contributed by atoms with E-state index < -0.39 is 0 Å². The fourth-order valence-corrected chi connectivity index (χ4v) is 6.53. The van der Waals surface area contributed by atoms with Gasteiger partial charge in [-0.05, 0) is 36.4 Å². The molecule has 0 aliphatic carbocycles. The van der Waals surface area contributed by atoms with Crippen LogP contribution in [-0.4, -0.2) is 9.49 Å². The third-order valence-electron chi connectivity index (χ3n) is 6.70. The Kier molecular flexibility index (Phi) is 4.28. The molecule has 7 aromatic rings. The molecule has 0 saturated carbocycles. The largest absolute Gasteiger partial charge is 0.309 e. The number of hydrogen-bond donors (Lipinski definition) is 0. The van der Waals surface area contributed by atoms with Crippen LogP contribution in [0.5, 0.6) is 0 Å². The highest BCUT2D eigenvalue weighted by Gasteiger charge is 2.25. The van der Waals surface area contributed by atoms with Crippen LogP contribution in [-0.2, 0) is 0 Å². The Bertz CT molecular complexity index is 1930. The van der Waals surface area contributed by atoms with Crippen LogP contribution in [0.1, 0.15) is 0 Å². The number of rotatable bonds is 3. The van der Waals surface area contributed by atoms with Crippen molar-refractivity contribution in [2.45, 2.75) is 0 Å². The SMILES string of the molecule is O=[N+]([O-])c1ccc2c(sc3ccccc32)c1-c1cccc2c1c1ccccc1n2-c1ccccc1. The first-order valence-electron chi connectivity index (χ1n) is 11.4. The number of aromatic nitrogens is 1. The molecule has 0 fully saturated rings. The maximum Gasteiger partial charge on any atom is 0.278 e. The predicted molar refractivity (Wildman–Crippen MR) is 146 cm³/mol. The lowest BCUT2D eigenvalue weighted by Crippen LogP contribution is -1.94. The van der Waals surface area contributed by atoms with E-state index in [0.29, 0.717) is 5.56 Å². The maximum atomic E-state index is 12.3. The second-order valence-corrected chi connectivity index (χ2v) is 9.63. The van der Waals surface area contributed by atoms with Gasteiger partial charge in [0.15, 0.2) is 0 Å². The van der Waals surface area contributed by atoms with Gasteiger partial charge >= 0.3 is 0 Å². The summed E-state index contributed by atoms with van der Waals surface area (Å²) in [4.78, 5) is 12.0. The van der Waals surface area contributed by atoms with E-state index in [0.717, 1.165) is 53.2 Å². The van der Waals surface area contributed by atoms with Gasteiger partial charge in [-0.25, -0.2) is 0 Å². The van der Waals surface area contributed by atoms with Crippen LogP contribution >= 0.6 is 11.3 Å². The zero-order valence-electron chi connectivity index (χ0n) is 18.5. The number of hydrogen-bond acceptors (Lipinski definition) is 3. The third-order valence-corrected chi connectivity index (χ3v) is 7.91. The summed E-state index contributed by atoms with van der Waals surface area (Å²) >= 11 is 1.62. The van der Waals surface area contributed by atoms with E-state index in [9.17, 15) is 10.1 Å². The van der Waals surface area contributed by atoms with Crippen LogP contribution in [0.25, 0.3) is 58.8 Å². The Morgan fingerprint density at radius 1 is 0.657 bits per heavy atom. The van der Waals surface area contributed by atoms with Crippen LogP contribution in [0.4, 0.5) is 5.69 Å². The van der Waals surface area contributed by atoms with Crippen molar-refractivity contribution < 1.29 is 4.92 Å². The topological polar surface area (TPSA) is 48.1 Å². The summed E-state index contributed by atoms with van der Waals surface area (Å²) in [5.41, 5.74) is 4.88. The Morgan fingerprint density at radius 3 is 2.20 bits per heavy atom. The molecule has 35 heavy (non-hydrogen) atoms. The van der Waals surface area contributed by atoms with E-state index in [1.807, 2.05) is 60.7 Å². The predicted octanol–water partition coefficient (Wildman–Crippen LogP) is 8.73. The van der Waals surface area contributed by atoms with Crippen molar-refractivity contribution in [3.8, 4) is 16.8 Å². The number of fused-ring (bicyclic) bond motifs is 6. The fourth-order valence-electron chi connectivity index (χ4n) is 5.27. The maximum absolute atomic E-state index is 12.3. The number of para-hydroxylation sites is 2. The van der Waals surface area contributed by atoms with E-state index in [2.05, 4.69) is 47.0 Å². The Hall–Kier alpha value is -4.48. The average molecular weight is 471 g/mol. The second kappa shape index (κ2) is 7.52. The highest BCUT2D eigenvalue weighted by Crippen LogP contribution is 2.47. The number of thiophene rings is 1. The molecule has 2 aromatic heterocycles. The molecular weight excluding hydrogens is 452 g/mol. The lowest BCUT2D eigenvalue weighted by Gasteiger charge is -2.10. The van der Waals surface area contributed by atoms with Gasteiger partial charge in [-0.2, -0.15) is 0 Å². The van der Waals surface area contributed by atoms with Gasteiger partial charge in [0, 0.05) is 43.6 Å².